The molecule has 0 aliphatic carbocycles. The number of benzene rings is 3. The molecule has 0 aliphatic heterocycles. The fourth-order valence-electron chi connectivity index (χ4n) is 3.34. The Labute approximate surface area is 189 Å². The largest absolute Gasteiger partial charge is 0.287 e. The van der Waals surface area contributed by atoms with Crippen molar-refractivity contribution in [2.75, 3.05) is 0 Å². The van der Waals surface area contributed by atoms with Gasteiger partial charge >= 0.3 is 0 Å². The third kappa shape index (κ3) is 5.97. The smallest absolute Gasteiger partial charge is 0.241 e. The number of rotatable bonds is 6. The predicted molar refractivity (Wildman–Crippen MR) is 130 cm³/mol. The van der Waals surface area contributed by atoms with Crippen LogP contribution in [0.1, 0.15) is 44.9 Å². The summed E-state index contributed by atoms with van der Waals surface area (Å²) >= 11 is 1.24. The molecule has 0 fully saturated rings. The summed E-state index contributed by atoms with van der Waals surface area (Å²) in [6.45, 7) is 9.63. The monoisotopic (exact) mass is 455 g/mol. The third-order valence-corrected chi connectivity index (χ3v) is 7.67. The lowest BCUT2D eigenvalue weighted by Gasteiger charge is -2.27. The number of carbonyl (C=O) groups excluding carboxylic acids is 1. The summed E-state index contributed by atoms with van der Waals surface area (Å²) in [4.78, 5) is 13.2. The van der Waals surface area contributed by atoms with Gasteiger partial charge in [0.05, 0.1) is 10.9 Å². The Kier molecular flexibility index (Phi) is 6.94. The van der Waals surface area contributed by atoms with E-state index in [2.05, 4.69) is 4.72 Å². The quantitative estimate of drug-likeness (QED) is 0.505. The molecule has 0 spiro atoms. The van der Waals surface area contributed by atoms with Crippen LogP contribution in [0.15, 0.2) is 71.6 Å². The number of hydrogen-bond acceptors (Lipinski definition) is 4. The van der Waals surface area contributed by atoms with Crippen LogP contribution >= 0.6 is 11.8 Å². The van der Waals surface area contributed by atoms with Crippen LogP contribution in [0.4, 0.5) is 0 Å². The first-order valence-corrected chi connectivity index (χ1v) is 12.6. The van der Waals surface area contributed by atoms with Gasteiger partial charge in [-0.2, -0.15) is 0 Å². The van der Waals surface area contributed by atoms with Gasteiger partial charge in [-0.1, -0.05) is 93.6 Å². The van der Waals surface area contributed by atoms with Gasteiger partial charge in [-0.05, 0) is 41.5 Å². The van der Waals surface area contributed by atoms with E-state index in [0.29, 0.717) is 0 Å². The molecule has 0 amide bonds. The zero-order valence-electron chi connectivity index (χ0n) is 18.5. The molecule has 3 rings (SSSR count). The second-order valence-electron chi connectivity index (χ2n) is 8.84. The highest BCUT2D eigenvalue weighted by Crippen LogP contribution is 2.34. The van der Waals surface area contributed by atoms with Crippen LogP contribution in [0.25, 0.3) is 10.8 Å². The second-order valence-corrected chi connectivity index (χ2v) is 12.4. The molecule has 0 saturated carbocycles. The minimum atomic E-state index is -3.81. The summed E-state index contributed by atoms with van der Waals surface area (Å²) in [5.74, 6) is -0.550. The number of hydrogen-bond donors (Lipinski definition) is 1. The first-order chi connectivity index (χ1) is 14.5. The highest BCUT2D eigenvalue weighted by atomic mass is 32.2. The molecule has 0 unspecified atom stereocenters. The Morgan fingerprint density at radius 3 is 2.16 bits per heavy atom. The van der Waals surface area contributed by atoms with E-state index in [9.17, 15) is 13.2 Å². The van der Waals surface area contributed by atoms with Crippen molar-refractivity contribution in [3.8, 4) is 0 Å². The number of fused-ring (bicyclic) bond motifs is 1. The van der Waals surface area contributed by atoms with E-state index in [-0.39, 0.29) is 14.8 Å². The molecule has 6 heteroatoms. The van der Waals surface area contributed by atoms with Crippen molar-refractivity contribution >= 4 is 37.7 Å². The molecular formula is C25H29NO3S2. The molecule has 164 valence electrons. The van der Waals surface area contributed by atoms with Crippen molar-refractivity contribution in [3.63, 3.8) is 0 Å². The molecule has 0 aromatic heterocycles. The van der Waals surface area contributed by atoms with E-state index in [1.807, 2.05) is 70.2 Å². The molecule has 1 N–H and O–H groups in total. The maximum Gasteiger partial charge on any atom is 0.241 e. The molecule has 4 nitrogen and oxygen atoms in total. The fourth-order valence-corrected chi connectivity index (χ4v) is 5.57. The molecule has 0 aliphatic rings. The summed E-state index contributed by atoms with van der Waals surface area (Å²) < 4.78 is 28.9. The molecule has 3 aromatic carbocycles. The number of sulfonamides is 1. The number of thioether (sulfide) groups is 1. The van der Waals surface area contributed by atoms with Crippen LogP contribution in [0, 0.1) is 12.8 Å². The van der Waals surface area contributed by atoms with Gasteiger partial charge in [0.15, 0.2) is 5.12 Å². The van der Waals surface area contributed by atoms with Crippen molar-refractivity contribution in [1.82, 2.24) is 4.72 Å². The Morgan fingerprint density at radius 1 is 0.935 bits per heavy atom. The molecule has 0 heterocycles. The SMILES string of the molecule is Cc1ccc(S(=O)(=O)N[C@H](c2ccc3ccccc3c2)[C@@H](C)C(=O)SC(C)(C)C)cc1. The average molecular weight is 456 g/mol. The first-order valence-electron chi connectivity index (χ1n) is 10.3. The van der Waals surface area contributed by atoms with Gasteiger partial charge < -0.3 is 0 Å². The average Bonchev–Trinajstić information content (AvgIpc) is 2.70. The highest BCUT2D eigenvalue weighted by Gasteiger charge is 2.32. The van der Waals surface area contributed by atoms with E-state index < -0.39 is 22.0 Å². The summed E-state index contributed by atoms with van der Waals surface area (Å²) in [5, 5.41) is 2.02. The molecule has 0 saturated heterocycles. The first kappa shape index (κ1) is 23.5. The van der Waals surface area contributed by atoms with Crippen LogP contribution in [0.3, 0.4) is 0 Å². The normalized spacial score (nSPS) is 14.4. The lowest BCUT2D eigenvalue weighted by molar-refractivity contribution is -0.114. The van der Waals surface area contributed by atoms with E-state index in [0.717, 1.165) is 21.9 Å². The molecule has 31 heavy (non-hydrogen) atoms. The van der Waals surface area contributed by atoms with E-state index in [4.69, 9.17) is 0 Å². The maximum absolute atomic E-state index is 13.2. The molecule has 3 aromatic rings. The van der Waals surface area contributed by atoms with E-state index >= 15 is 0 Å². The topological polar surface area (TPSA) is 63.2 Å². The molecule has 0 radical (unpaired) electrons. The van der Waals surface area contributed by atoms with Gasteiger partial charge in [0, 0.05) is 10.7 Å². The van der Waals surface area contributed by atoms with Crippen molar-refractivity contribution in [2.45, 2.75) is 50.3 Å². The van der Waals surface area contributed by atoms with Crippen molar-refractivity contribution in [3.05, 3.63) is 77.9 Å². The summed E-state index contributed by atoms with van der Waals surface area (Å²) in [5.41, 5.74) is 1.75. The minimum Gasteiger partial charge on any atom is -0.287 e. The van der Waals surface area contributed by atoms with Gasteiger partial charge in [0.25, 0.3) is 0 Å². The van der Waals surface area contributed by atoms with Gasteiger partial charge in [-0.25, -0.2) is 13.1 Å². The van der Waals surface area contributed by atoms with Crippen LogP contribution < -0.4 is 4.72 Å². The Morgan fingerprint density at radius 2 is 1.55 bits per heavy atom. The van der Waals surface area contributed by atoms with Crippen LogP contribution in [-0.2, 0) is 14.8 Å². The summed E-state index contributed by atoms with van der Waals surface area (Å²) in [6, 6.07) is 19.8. The van der Waals surface area contributed by atoms with Gasteiger partial charge in [0.2, 0.25) is 10.0 Å². The maximum atomic E-state index is 13.2. The van der Waals surface area contributed by atoms with Crippen LogP contribution in [0.5, 0.6) is 0 Å². The highest BCUT2D eigenvalue weighted by molar-refractivity contribution is 8.14. The van der Waals surface area contributed by atoms with Gasteiger partial charge in [0.1, 0.15) is 0 Å². The zero-order valence-corrected chi connectivity index (χ0v) is 20.2. The molecular weight excluding hydrogens is 426 g/mol. The molecule has 0 bridgehead atoms. The number of nitrogens with one attached hydrogen (secondary N) is 1. The summed E-state index contributed by atoms with van der Waals surface area (Å²) in [7, 11) is -3.81. The van der Waals surface area contributed by atoms with Crippen LogP contribution in [0.2, 0.25) is 0 Å². The Hall–Kier alpha value is -2.15. The van der Waals surface area contributed by atoms with Crippen molar-refractivity contribution in [2.24, 2.45) is 5.92 Å². The number of carbonyl (C=O) groups is 1. The Bertz CT molecular complexity index is 1180. The number of aryl methyl sites for hydroxylation is 1. The third-order valence-electron chi connectivity index (χ3n) is 5.02. The van der Waals surface area contributed by atoms with Gasteiger partial charge in [-0.15, -0.1) is 0 Å². The zero-order chi connectivity index (χ0) is 22.8. The van der Waals surface area contributed by atoms with E-state index in [1.165, 1.54) is 11.8 Å². The van der Waals surface area contributed by atoms with Crippen molar-refractivity contribution in [1.29, 1.82) is 0 Å². The Balaban J connectivity index is 2.02. The fraction of sp³-hybridized carbons (Fsp3) is 0.320. The predicted octanol–water partition coefficient (Wildman–Crippen LogP) is 5.86. The van der Waals surface area contributed by atoms with Crippen molar-refractivity contribution < 1.29 is 13.2 Å². The lowest BCUT2D eigenvalue weighted by Crippen LogP contribution is -2.35. The van der Waals surface area contributed by atoms with Crippen LogP contribution in [-0.4, -0.2) is 18.3 Å². The summed E-state index contributed by atoms with van der Waals surface area (Å²) in [6.07, 6.45) is 0. The van der Waals surface area contributed by atoms with E-state index in [1.54, 1.807) is 31.2 Å². The lowest BCUT2D eigenvalue weighted by atomic mass is 9.94. The van der Waals surface area contributed by atoms with Gasteiger partial charge in [-0.3, -0.25) is 4.79 Å². The standard InChI is InChI=1S/C25H29NO3S2/c1-17-10-14-22(15-11-17)31(28,29)26-23(18(2)24(27)30-25(3,4)5)21-13-12-19-8-6-7-9-20(19)16-21/h6-16,18,23,26H,1-5H3/t18-,23+/m1/s1. The second kappa shape index (κ2) is 9.15. The molecule has 2 atom stereocenters. The minimum absolute atomic E-state index is 0.0442.